The Hall–Kier alpha value is -1.64. The summed E-state index contributed by atoms with van der Waals surface area (Å²) in [5.74, 6) is -0.479. The molecule has 0 aromatic heterocycles. The highest BCUT2D eigenvalue weighted by molar-refractivity contribution is 5.87. The van der Waals surface area contributed by atoms with Crippen LogP contribution in [0.3, 0.4) is 0 Å². The number of rotatable bonds is 7. The van der Waals surface area contributed by atoms with Crippen LogP contribution in [0.1, 0.15) is 32.3 Å². The van der Waals surface area contributed by atoms with Gasteiger partial charge in [-0.1, -0.05) is 50.8 Å². The fourth-order valence-electron chi connectivity index (χ4n) is 1.57. The van der Waals surface area contributed by atoms with E-state index in [0.717, 1.165) is 5.56 Å². The van der Waals surface area contributed by atoms with Gasteiger partial charge in [-0.2, -0.15) is 0 Å². The Kier molecular flexibility index (Phi) is 6.26. The molecule has 0 heterocycles. The van der Waals surface area contributed by atoms with Crippen molar-refractivity contribution in [3.63, 3.8) is 0 Å². The molecule has 0 unspecified atom stereocenters. The summed E-state index contributed by atoms with van der Waals surface area (Å²) in [6.07, 6.45) is -0.247. The van der Waals surface area contributed by atoms with Gasteiger partial charge in [0.1, 0.15) is 12.8 Å². The highest BCUT2D eigenvalue weighted by Crippen LogP contribution is 2.16. The summed E-state index contributed by atoms with van der Waals surface area (Å²) in [5, 5.41) is 0. The van der Waals surface area contributed by atoms with Gasteiger partial charge in [-0.25, -0.2) is 9.18 Å². The third-order valence-corrected chi connectivity index (χ3v) is 2.95. The number of halogens is 1. The van der Waals surface area contributed by atoms with Crippen molar-refractivity contribution in [3.8, 4) is 0 Å². The highest BCUT2D eigenvalue weighted by atomic mass is 19.1. The van der Waals surface area contributed by atoms with E-state index in [-0.39, 0.29) is 12.5 Å². The van der Waals surface area contributed by atoms with Crippen molar-refractivity contribution in [1.82, 2.24) is 0 Å². The SMILES string of the molecule is C=C(CC[C@H](F)C(C)C)C(=O)OCc1ccccc1. The van der Waals surface area contributed by atoms with E-state index in [4.69, 9.17) is 4.74 Å². The van der Waals surface area contributed by atoms with E-state index in [9.17, 15) is 9.18 Å². The first-order valence-electron chi connectivity index (χ1n) is 6.53. The van der Waals surface area contributed by atoms with Crippen LogP contribution in [0.25, 0.3) is 0 Å². The fraction of sp³-hybridized carbons (Fsp3) is 0.438. The molecule has 3 heteroatoms. The Labute approximate surface area is 114 Å². The molecule has 1 rings (SSSR count). The van der Waals surface area contributed by atoms with Crippen molar-refractivity contribution in [2.24, 2.45) is 5.92 Å². The van der Waals surface area contributed by atoms with Crippen molar-refractivity contribution >= 4 is 5.97 Å². The molecular weight excluding hydrogens is 243 g/mol. The maximum Gasteiger partial charge on any atom is 0.333 e. The Balaban J connectivity index is 2.31. The first-order valence-corrected chi connectivity index (χ1v) is 6.53. The lowest BCUT2D eigenvalue weighted by molar-refractivity contribution is -0.140. The molecule has 0 saturated carbocycles. The zero-order valence-corrected chi connectivity index (χ0v) is 11.6. The second-order valence-electron chi connectivity index (χ2n) is 4.96. The third kappa shape index (κ3) is 5.69. The average Bonchev–Trinajstić information content (AvgIpc) is 2.42. The molecule has 0 aliphatic carbocycles. The molecule has 0 bridgehead atoms. The Morgan fingerprint density at radius 2 is 1.95 bits per heavy atom. The zero-order valence-electron chi connectivity index (χ0n) is 11.6. The molecule has 0 saturated heterocycles. The van der Waals surface area contributed by atoms with Crippen LogP contribution in [0.5, 0.6) is 0 Å². The first-order chi connectivity index (χ1) is 9.00. The van der Waals surface area contributed by atoms with Gasteiger partial charge >= 0.3 is 5.97 Å². The van der Waals surface area contributed by atoms with Gasteiger partial charge in [-0.15, -0.1) is 0 Å². The minimum absolute atomic E-state index is 0.0341. The fourth-order valence-corrected chi connectivity index (χ4v) is 1.57. The van der Waals surface area contributed by atoms with Crippen LogP contribution in [-0.4, -0.2) is 12.1 Å². The topological polar surface area (TPSA) is 26.3 Å². The maximum absolute atomic E-state index is 13.4. The number of carbonyl (C=O) groups is 1. The van der Waals surface area contributed by atoms with Crippen molar-refractivity contribution < 1.29 is 13.9 Å². The predicted octanol–water partition coefficient (Wildman–Crippen LogP) is 4.06. The van der Waals surface area contributed by atoms with E-state index in [2.05, 4.69) is 6.58 Å². The van der Waals surface area contributed by atoms with E-state index >= 15 is 0 Å². The highest BCUT2D eigenvalue weighted by Gasteiger charge is 2.15. The lowest BCUT2D eigenvalue weighted by Crippen LogP contribution is -2.12. The van der Waals surface area contributed by atoms with Crippen LogP contribution >= 0.6 is 0 Å². The first kappa shape index (κ1) is 15.4. The number of hydrogen-bond donors (Lipinski definition) is 0. The van der Waals surface area contributed by atoms with E-state index in [1.54, 1.807) is 0 Å². The van der Waals surface area contributed by atoms with Crippen molar-refractivity contribution in [1.29, 1.82) is 0 Å². The van der Waals surface area contributed by atoms with Crippen molar-refractivity contribution in [3.05, 3.63) is 48.0 Å². The molecule has 104 valence electrons. The maximum atomic E-state index is 13.4. The summed E-state index contributed by atoms with van der Waals surface area (Å²) < 4.78 is 18.5. The molecule has 0 aliphatic heterocycles. The molecule has 0 N–H and O–H groups in total. The van der Waals surface area contributed by atoms with Crippen LogP contribution in [-0.2, 0) is 16.1 Å². The summed E-state index contributed by atoms with van der Waals surface area (Å²) in [6, 6.07) is 9.43. The monoisotopic (exact) mass is 264 g/mol. The molecule has 0 radical (unpaired) electrons. The number of benzene rings is 1. The molecule has 1 aromatic rings. The quantitative estimate of drug-likeness (QED) is 0.548. The molecule has 0 aliphatic rings. The van der Waals surface area contributed by atoms with Crippen molar-refractivity contribution in [2.45, 2.75) is 39.5 Å². The number of alkyl halides is 1. The lowest BCUT2D eigenvalue weighted by Gasteiger charge is -2.12. The van der Waals surface area contributed by atoms with Gasteiger partial charge in [-0.05, 0) is 24.3 Å². The van der Waals surface area contributed by atoms with E-state index in [0.29, 0.717) is 18.4 Å². The van der Waals surface area contributed by atoms with Gasteiger partial charge in [0.15, 0.2) is 0 Å². The van der Waals surface area contributed by atoms with E-state index < -0.39 is 12.1 Å². The molecule has 0 spiro atoms. The molecule has 1 atom stereocenters. The second kappa shape index (κ2) is 7.72. The minimum Gasteiger partial charge on any atom is -0.457 e. The summed E-state index contributed by atoms with van der Waals surface area (Å²) in [4.78, 5) is 11.7. The summed E-state index contributed by atoms with van der Waals surface area (Å²) >= 11 is 0. The van der Waals surface area contributed by atoms with Gasteiger partial charge in [-0.3, -0.25) is 0 Å². The Bertz CT molecular complexity index is 412. The Morgan fingerprint density at radius 3 is 2.53 bits per heavy atom. The lowest BCUT2D eigenvalue weighted by atomic mass is 10.0. The summed E-state index contributed by atoms with van der Waals surface area (Å²) in [6.45, 7) is 7.52. The van der Waals surface area contributed by atoms with Crippen LogP contribution in [0.4, 0.5) is 4.39 Å². The van der Waals surface area contributed by atoms with E-state index in [1.165, 1.54) is 0 Å². The molecular formula is C16H21FO2. The number of hydrogen-bond acceptors (Lipinski definition) is 2. The minimum atomic E-state index is -0.904. The van der Waals surface area contributed by atoms with Gasteiger partial charge in [0, 0.05) is 5.57 Å². The van der Waals surface area contributed by atoms with Gasteiger partial charge in [0.25, 0.3) is 0 Å². The molecule has 1 aromatic carbocycles. The smallest absolute Gasteiger partial charge is 0.333 e. The van der Waals surface area contributed by atoms with Gasteiger partial charge in [0.2, 0.25) is 0 Å². The number of carbonyl (C=O) groups excluding carboxylic acids is 1. The summed E-state index contributed by atoms with van der Waals surface area (Å²) in [7, 11) is 0. The molecule has 19 heavy (non-hydrogen) atoms. The van der Waals surface area contributed by atoms with Crippen LogP contribution in [0.15, 0.2) is 42.5 Å². The predicted molar refractivity (Wildman–Crippen MR) is 74.3 cm³/mol. The van der Waals surface area contributed by atoms with Crippen LogP contribution < -0.4 is 0 Å². The van der Waals surface area contributed by atoms with Gasteiger partial charge in [0.05, 0.1) is 0 Å². The second-order valence-corrected chi connectivity index (χ2v) is 4.96. The standard InChI is InChI=1S/C16H21FO2/c1-12(2)15(17)10-9-13(3)16(18)19-11-14-7-5-4-6-8-14/h4-8,12,15H,3,9-11H2,1-2H3/t15-/m0/s1. The third-order valence-electron chi connectivity index (χ3n) is 2.95. The number of esters is 1. The molecule has 0 fully saturated rings. The summed E-state index contributed by atoms with van der Waals surface area (Å²) in [5.41, 5.74) is 1.26. The van der Waals surface area contributed by atoms with E-state index in [1.807, 2.05) is 44.2 Å². The normalized spacial score (nSPS) is 12.2. The van der Waals surface area contributed by atoms with Crippen LogP contribution in [0.2, 0.25) is 0 Å². The largest absolute Gasteiger partial charge is 0.457 e. The Morgan fingerprint density at radius 1 is 1.32 bits per heavy atom. The molecule has 0 amide bonds. The van der Waals surface area contributed by atoms with Gasteiger partial charge < -0.3 is 4.74 Å². The van der Waals surface area contributed by atoms with Crippen LogP contribution in [0, 0.1) is 5.92 Å². The zero-order chi connectivity index (χ0) is 14.3. The van der Waals surface area contributed by atoms with Crippen molar-refractivity contribution in [2.75, 3.05) is 0 Å². The molecule has 2 nitrogen and oxygen atoms in total. The average molecular weight is 264 g/mol. The number of ether oxygens (including phenoxy) is 1.